The van der Waals surface area contributed by atoms with Crippen molar-refractivity contribution in [1.29, 1.82) is 0 Å². The lowest BCUT2D eigenvalue weighted by atomic mass is 10.1. The minimum atomic E-state index is -3.22. The van der Waals surface area contributed by atoms with Crippen LogP contribution in [0.2, 0.25) is 0 Å². The largest absolute Gasteiger partial charge is 0.387 e. The van der Waals surface area contributed by atoms with Crippen molar-refractivity contribution in [3.63, 3.8) is 0 Å². The van der Waals surface area contributed by atoms with Gasteiger partial charge in [0.25, 0.3) is 0 Å². The van der Waals surface area contributed by atoms with Gasteiger partial charge in [-0.05, 0) is 36.8 Å². The quantitative estimate of drug-likeness (QED) is 0.779. The molecule has 1 fully saturated rings. The van der Waals surface area contributed by atoms with Crippen molar-refractivity contribution in [1.82, 2.24) is 4.72 Å². The van der Waals surface area contributed by atoms with Crippen LogP contribution in [0.3, 0.4) is 0 Å². The number of hydrogen-bond donors (Lipinski definition) is 2. The van der Waals surface area contributed by atoms with Crippen LogP contribution in [0.25, 0.3) is 0 Å². The van der Waals surface area contributed by atoms with Crippen molar-refractivity contribution < 1.29 is 13.5 Å². The van der Waals surface area contributed by atoms with Gasteiger partial charge >= 0.3 is 0 Å². The molecule has 100 valence electrons. The lowest BCUT2D eigenvalue weighted by molar-refractivity contribution is 0.182. The molecule has 2 rings (SSSR count). The first-order chi connectivity index (χ1) is 8.53. The molecule has 1 aromatic carbocycles. The molecule has 4 nitrogen and oxygen atoms in total. The fraction of sp³-hybridized carbons (Fsp3) is 0.500. The lowest BCUT2D eigenvalue weighted by Crippen LogP contribution is -2.31. The van der Waals surface area contributed by atoms with E-state index in [4.69, 9.17) is 0 Å². The maximum absolute atomic E-state index is 11.6. The number of thioether (sulfide) groups is 1. The van der Waals surface area contributed by atoms with Gasteiger partial charge in [-0.15, -0.1) is 11.8 Å². The molecule has 0 bridgehead atoms. The molecule has 0 heterocycles. The molecule has 6 heteroatoms. The van der Waals surface area contributed by atoms with E-state index in [1.54, 1.807) is 11.8 Å². The molecule has 0 radical (unpaired) electrons. The Morgan fingerprint density at radius 2 is 2.00 bits per heavy atom. The van der Waals surface area contributed by atoms with Crippen molar-refractivity contribution in [2.75, 3.05) is 12.8 Å². The van der Waals surface area contributed by atoms with Crippen LogP contribution in [0.1, 0.15) is 24.5 Å². The van der Waals surface area contributed by atoms with Crippen LogP contribution in [-0.2, 0) is 10.0 Å². The van der Waals surface area contributed by atoms with E-state index < -0.39 is 16.1 Å². The summed E-state index contributed by atoms with van der Waals surface area (Å²) in [6, 6.07) is 7.47. The van der Waals surface area contributed by atoms with Crippen LogP contribution in [0.15, 0.2) is 29.2 Å². The Hall–Kier alpha value is -0.560. The second kappa shape index (κ2) is 5.61. The maximum Gasteiger partial charge on any atom is 0.214 e. The molecule has 0 saturated heterocycles. The van der Waals surface area contributed by atoms with Gasteiger partial charge in [0.1, 0.15) is 0 Å². The number of rotatable bonds is 6. The molecule has 1 aliphatic rings. The summed E-state index contributed by atoms with van der Waals surface area (Å²) in [4.78, 5) is 1.12. The molecule has 2 N–H and O–H groups in total. The highest BCUT2D eigenvalue weighted by molar-refractivity contribution is 7.98. The van der Waals surface area contributed by atoms with Crippen molar-refractivity contribution in [3.8, 4) is 0 Å². The van der Waals surface area contributed by atoms with E-state index in [1.165, 1.54) is 0 Å². The molecular weight excluding hydrogens is 270 g/mol. The zero-order chi connectivity index (χ0) is 13.2. The fourth-order valence-corrected chi connectivity index (χ4v) is 3.43. The first-order valence-electron chi connectivity index (χ1n) is 5.83. The minimum Gasteiger partial charge on any atom is -0.387 e. The summed E-state index contributed by atoms with van der Waals surface area (Å²) in [5.41, 5.74) is 0.728. The summed E-state index contributed by atoms with van der Waals surface area (Å²) in [5, 5.41) is 9.67. The first-order valence-corrected chi connectivity index (χ1v) is 8.60. The van der Waals surface area contributed by atoms with Crippen LogP contribution in [0, 0.1) is 0 Å². The van der Waals surface area contributed by atoms with Gasteiger partial charge in [-0.2, -0.15) is 0 Å². The van der Waals surface area contributed by atoms with Gasteiger partial charge < -0.3 is 5.11 Å². The number of benzene rings is 1. The molecule has 0 amide bonds. The molecule has 0 aliphatic heterocycles. The van der Waals surface area contributed by atoms with Crippen molar-refractivity contribution in [2.45, 2.75) is 29.1 Å². The monoisotopic (exact) mass is 287 g/mol. The van der Waals surface area contributed by atoms with Crippen molar-refractivity contribution >= 4 is 21.8 Å². The molecule has 1 saturated carbocycles. The van der Waals surface area contributed by atoms with E-state index in [-0.39, 0.29) is 11.8 Å². The molecule has 1 atom stereocenters. The van der Waals surface area contributed by atoms with Crippen LogP contribution < -0.4 is 4.72 Å². The van der Waals surface area contributed by atoms with Gasteiger partial charge in [0.15, 0.2) is 0 Å². The Morgan fingerprint density at radius 3 is 2.50 bits per heavy atom. The van der Waals surface area contributed by atoms with Crippen molar-refractivity contribution in [2.24, 2.45) is 0 Å². The molecular formula is C12H17NO3S2. The van der Waals surface area contributed by atoms with Crippen LogP contribution in [0.5, 0.6) is 0 Å². The number of nitrogens with one attached hydrogen (secondary N) is 1. The summed E-state index contributed by atoms with van der Waals surface area (Å²) in [5.74, 6) is 0. The van der Waals surface area contributed by atoms with E-state index in [0.29, 0.717) is 0 Å². The molecule has 0 unspecified atom stereocenters. The first kappa shape index (κ1) is 13.9. The third-order valence-electron chi connectivity index (χ3n) is 2.94. The average Bonchev–Trinajstić information content (AvgIpc) is 3.21. The van der Waals surface area contributed by atoms with Crippen LogP contribution in [0.4, 0.5) is 0 Å². The standard InChI is InChI=1S/C12H17NO3S2/c1-17-10-4-2-9(3-5-10)12(14)8-13-18(15,16)11-6-7-11/h2-5,11-14H,6-8H2,1H3/t12-/m1/s1. The van der Waals surface area contributed by atoms with E-state index in [1.807, 2.05) is 30.5 Å². The third-order valence-corrected chi connectivity index (χ3v) is 5.60. The second-order valence-electron chi connectivity index (χ2n) is 4.38. The SMILES string of the molecule is CSc1ccc([C@H](O)CNS(=O)(=O)C2CC2)cc1. The Balaban J connectivity index is 1.92. The Bertz CT molecular complexity index is 495. The smallest absolute Gasteiger partial charge is 0.214 e. The van der Waals surface area contributed by atoms with Crippen LogP contribution >= 0.6 is 11.8 Å². The average molecular weight is 287 g/mol. The Kier molecular flexibility index (Phi) is 4.32. The molecule has 0 aromatic heterocycles. The molecule has 18 heavy (non-hydrogen) atoms. The third kappa shape index (κ3) is 3.47. The zero-order valence-corrected chi connectivity index (χ0v) is 11.8. The number of sulfonamides is 1. The number of aliphatic hydroxyl groups excluding tert-OH is 1. The fourth-order valence-electron chi connectivity index (χ4n) is 1.64. The van der Waals surface area contributed by atoms with E-state index in [9.17, 15) is 13.5 Å². The Morgan fingerprint density at radius 1 is 1.39 bits per heavy atom. The van der Waals surface area contributed by atoms with Gasteiger partial charge in [0.05, 0.1) is 11.4 Å². The Labute approximate surface area is 112 Å². The van der Waals surface area contributed by atoms with E-state index >= 15 is 0 Å². The molecule has 0 spiro atoms. The lowest BCUT2D eigenvalue weighted by Gasteiger charge is -2.12. The molecule has 1 aromatic rings. The minimum absolute atomic E-state index is 0.0391. The predicted molar refractivity (Wildman–Crippen MR) is 73.1 cm³/mol. The number of aliphatic hydroxyl groups is 1. The number of hydrogen-bond acceptors (Lipinski definition) is 4. The van der Waals surface area contributed by atoms with E-state index in [0.717, 1.165) is 23.3 Å². The summed E-state index contributed by atoms with van der Waals surface area (Å²) >= 11 is 1.63. The van der Waals surface area contributed by atoms with E-state index in [2.05, 4.69) is 4.72 Å². The van der Waals surface area contributed by atoms with Gasteiger partial charge in [0, 0.05) is 11.4 Å². The summed E-state index contributed by atoms with van der Waals surface area (Å²) in [6.45, 7) is 0.0391. The van der Waals surface area contributed by atoms with Gasteiger partial charge in [0.2, 0.25) is 10.0 Å². The van der Waals surface area contributed by atoms with Gasteiger partial charge in [-0.25, -0.2) is 13.1 Å². The highest BCUT2D eigenvalue weighted by atomic mass is 32.2. The topological polar surface area (TPSA) is 66.4 Å². The highest BCUT2D eigenvalue weighted by Crippen LogP contribution is 2.27. The second-order valence-corrected chi connectivity index (χ2v) is 7.31. The molecule has 1 aliphatic carbocycles. The normalized spacial score (nSPS) is 17.7. The maximum atomic E-state index is 11.6. The summed E-state index contributed by atoms with van der Waals surface area (Å²) in [6.07, 6.45) is 2.64. The van der Waals surface area contributed by atoms with Crippen molar-refractivity contribution in [3.05, 3.63) is 29.8 Å². The predicted octanol–water partition coefficient (Wildman–Crippen LogP) is 1.52. The summed E-state index contributed by atoms with van der Waals surface area (Å²) < 4.78 is 25.7. The van der Waals surface area contributed by atoms with Gasteiger partial charge in [-0.3, -0.25) is 0 Å². The summed E-state index contributed by atoms with van der Waals surface area (Å²) in [7, 11) is -3.22. The van der Waals surface area contributed by atoms with Gasteiger partial charge in [-0.1, -0.05) is 12.1 Å². The van der Waals surface area contributed by atoms with Crippen LogP contribution in [-0.4, -0.2) is 31.6 Å². The zero-order valence-electron chi connectivity index (χ0n) is 10.2. The highest BCUT2D eigenvalue weighted by Gasteiger charge is 2.35.